The lowest BCUT2D eigenvalue weighted by molar-refractivity contribution is -0.143. The summed E-state index contributed by atoms with van der Waals surface area (Å²) < 4.78 is 11.2. The molecule has 0 fully saturated rings. The lowest BCUT2D eigenvalue weighted by atomic mass is 10.0. The van der Waals surface area contributed by atoms with Crippen molar-refractivity contribution in [2.45, 2.75) is 52.2 Å². The summed E-state index contributed by atoms with van der Waals surface area (Å²) in [7, 11) is 1.56. The van der Waals surface area contributed by atoms with E-state index in [-0.39, 0.29) is 24.5 Å². The first-order valence-corrected chi connectivity index (χ1v) is 12.4. The van der Waals surface area contributed by atoms with Gasteiger partial charge in [0, 0.05) is 19.0 Å². The summed E-state index contributed by atoms with van der Waals surface area (Å²) in [6.45, 7) is 6.08. The van der Waals surface area contributed by atoms with E-state index in [0.717, 1.165) is 23.1 Å². The van der Waals surface area contributed by atoms with Crippen LogP contribution < -0.4 is 14.8 Å². The third kappa shape index (κ3) is 7.35. The second-order valence-electron chi connectivity index (χ2n) is 8.91. The Hall–Kier alpha value is -3.80. The zero-order valence-corrected chi connectivity index (χ0v) is 21.6. The molecule has 0 radical (unpaired) electrons. The molecule has 3 aromatic rings. The Kier molecular flexibility index (Phi) is 9.92. The highest BCUT2D eigenvalue weighted by atomic mass is 16.5. The standard InChI is InChI=1S/C30H36N2O4/c1-5-23(3)31-30(34)26(19-24-14-7-6-8-15-24)32(20-25-16-10-9-13-22(25)2)29(33)21-36-28-18-12-11-17-27(28)35-4/h6-18,23,26H,5,19-21H2,1-4H3,(H,31,34)/t23-,26-/m1/s1. The van der Waals surface area contributed by atoms with Gasteiger partial charge in [0.2, 0.25) is 5.91 Å². The highest BCUT2D eigenvalue weighted by molar-refractivity contribution is 5.88. The van der Waals surface area contributed by atoms with Crippen LogP contribution >= 0.6 is 0 Å². The van der Waals surface area contributed by atoms with Gasteiger partial charge in [0.05, 0.1) is 7.11 Å². The van der Waals surface area contributed by atoms with E-state index >= 15 is 0 Å². The summed E-state index contributed by atoms with van der Waals surface area (Å²) in [6.07, 6.45) is 1.20. The number of ether oxygens (including phenoxy) is 2. The number of nitrogens with zero attached hydrogens (tertiary/aromatic N) is 1. The minimum atomic E-state index is -0.699. The quantitative estimate of drug-likeness (QED) is 0.392. The van der Waals surface area contributed by atoms with Crippen molar-refractivity contribution in [1.29, 1.82) is 0 Å². The Morgan fingerprint density at radius 3 is 2.22 bits per heavy atom. The number of aryl methyl sites for hydroxylation is 1. The zero-order chi connectivity index (χ0) is 25.9. The van der Waals surface area contributed by atoms with E-state index in [1.807, 2.05) is 87.5 Å². The number of rotatable bonds is 12. The fourth-order valence-corrected chi connectivity index (χ4v) is 3.93. The second kappa shape index (κ2) is 13.3. The first-order valence-electron chi connectivity index (χ1n) is 12.4. The third-order valence-electron chi connectivity index (χ3n) is 6.29. The smallest absolute Gasteiger partial charge is 0.261 e. The highest BCUT2D eigenvalue weighted by Gasteiger charge is 2.31. The number of para-hydroxylation sites is 2. The number of methoxy groups -OCH3 is 1. The Labute approximate surface area is 214 Å². The molecule has 2 amide bonds. The molecular weight excluding hydrogens is 452 g/mol. The number of carbonyl (C=O) groups excluding carboxylic acids is 2. The number of hydrogen-bond donors (Lipinski definition) is 1. The molecule has 0 aliphatic rings. The third-order valence-corrected chi connectivity index (χ3v) is 6.29. The molecule has 0 aliphatic heterocycles. The molecule has 190 valence electrons. The van der Waals surface area contributed by atoms with Gasteiger partial charge in [0.1, 0.15) is 6.04 Å². The number of hydrogen-bond acceptors (Lipinski definition) is 4. The van der Waals surface area contributed by atoms with E-state index < -0.39 is 6.04 Å². The van der Waals surface area contributed by atoms with Crippen molar-refractivity contribution in [2.75, 3.05) is 13.7 Å². The van der Waals surface area contributed by atoms with Crippen molar-refractivity contribution in [3.8, 4) is 11.5 Å². The highest BCUT2D eigenvalue weighted by Crippen LogP contribution is 2.26. The summed E-state index contributed by atoms with van der Waals surface area (Å²) >= 11 is 0. The average Bonchev–Trinajstić information content (AvgIpc) is 2.90. The largest absolute Gasteiger partial charge is 0.493 e. The van der Waals surface area contributed by atoms with E-state index in [9.17, 15) is 9.59 Å². The Balaban J connectivity index is 1.94. The van der Waals surface area contributed by atoms with Crippen LogP contribution in [0.3, 0.4) is 0 Å². The molecule has 1 N–H and O–H groups in total. The van der Waals surface area contributed by atoms with E-state index in [0.29, 0.717) is 24.5 Å². The van der Waals surface area contributed by atoms with Gasteiger partial charge < -0.3 is 19.7 Å². The van der Waals surface area contributed by atoms with Crippen molar-refractivity contribution in [1.82, 2.24) is 10.2 Å². The first-order chi connectivity index (χ1) is 17.4. The summed E-state index contributed by atoms with van der Waals surface area (Å²) in [5, 5.41) is 3.08. The van der Waals surface area contributed by atoms with Crippen molar-refractivity contribution in [3.63, 3.8) is 0 Å². The lowest BCUT2D eigenvalue weighted by Gasteiger charge is -2.32. The SMILES string of the molecule is CC[C@@H](C)NC(=O)[C@@H](Cc1ccccc1)N(Cc1ccccc1C)C(=O)COc1ccccc1OC. The van der Waals surface area contributed by atoms with E-state index in [4.69, 9.17) is 9.47 Å². The molecule has 36 heavy (non-hydrogen) atoms. The predicted octanol–water partition coefficient (Wildman–Crippen LogP) is 4.94. The molecule has 0 saturated heterocycles. The zero-order valence-electron chi connectivity index (χ0n) is 21.6. The summed E-state index contributed by atoms with van der Waals surface area (Å²) in [5.74, 6) is 0.579. The molecule has 0 aromatic heterocycles. The topological polar surface area (TPSA) is 67.9 Å². The van der Waals surface area contributed by atoms with Gasteiger partial charge in [-0.15, -0.1) is 0 Å². The van der Waals surface area contributed by atoms with E-state index in [1.54, 1.807) is 24.1 Å². The molecular formula is C30H36N2O4. The summed E-state index contributed by atoms with van der Waals surface area (Å²) in [4.78, 5) is 28.9. The predicted molar refractivity (Wildman–Crippen MR) is 142 cm³/mol. The molecule has 0 bridgehead atoms. The molecule has 0 heterocycles. The Bertz CT molecular complexity index is 1130. The van der Waals surface area contributed by atoms with Crippen molar-refractivity contribution >= 4 is 11.8 Å². The van der Waals surface area contributed by atoms with Crippen LogP contribution in [0.25, 0.3) is 0 Å². The van der Waals surface area contributed by atoms with Crippen LogP contribution in [0.5, 0.6) is 11.5 Å². The summed E-state index contributed by atoms with van der Waals surface area (Å²) in [6, 6.07) is 24.2. The molecule has 0 saturated carbocycles. The molecule has 0 spiro atoms. The van der Waals surface area contributed by atoms with Crippen LogP contribution in [0.1, 0.15) is 37.0 Å². The number of nitrogens with one attached hydrogen (secondary N) is 1. The van der Waals surface area contributed by atoms with Crippen LogP contribution in [0.4, 0.5) is 0 Å². The second-order valence-corrected chi connectivity index (χ2v) is 8.91. The fourth-order valence-electron chi connectivity index (χ4n) is 3.93. The van der Waals surface area contributed by atoms with Crippen LogP contribution in [-0.2, 0) is 22.6 Å². The molecule has 6 heteroatoms. The van der Waals surface area contributed by atoms with Crippen LogP contribution in [0, 0.1) is 6.92 Å². The van der Waals surface area contributed by atoms with Crippen molar-refractivity contribution < 1.29 is 19.1 Å². The van der Waals surface area contributed by atoms with Gasteiger partial charge in [-0.25, -0.2) is 0 Å². The Morgan fingerprint density at radius 2 is 1.56 bits per heavy atom. The summed E-state index contributed by atoms with van der Waals surface area (Å²) in [5.41, 5.74) is 3.02. The monoisotopic (exact) mass is 488 g/mol. The van der Waals surface area contributed by atoms with Gasteiger partial charge >= 0.3 is 0 Å². The Morgan fingerprint density at radius 1 is 0.917 bits per heavy atom. The maximum absolute atomic E-state index is 13.7. The minimum absolute atomic E-state index is 0.00369. The maximum atomic E-state index is 13.7. The van der Waals surface area contributed by atoms with Gasteiger partial charge in [-0.05, 0) is 49.1 Å². The number of benzene rings is 3. The molecule has 3 aromatic carbocycles. The molecule has 2 atom stereocenters. The van der Waals surface area contributed by atoms with Crippen molar-refractivity contribution in [3.05, 3.63) is 95.6 Å². The van der Waals surface area contributed by atoms with Crippen molar-refractivity contribution in [2.24, 2.45) is 0 Å². The van der Waals surface area contributed by atoms with E-state index in [1.165, 1.54) is 0 Å². The van der Waals surface area contributed by atoms with Gasteiger partial charge in [-0.3, -0.25) is 9.59 Å². The van der Waals surface area contributed by atoms with Crippen LogP contribution in [0.15, 0.2) is 78.9 Å². The van der Waals surface area contributed by atoms with Gasteiger partial charge in [-0.1, -0.05) is 73.7 Å². The van der Waals surface area contributed by atoms with Gasteiger partial charge in [-0.2, -0.15) is 0 Å². The fraction of sp³-hybridized carbons (Fsp3) is 0.333. The van der Waals surface area contributed by atoms with E-state index in [2.05, 4.69) is 5.32 Å². The molecule has 3 rings (SSSR count). The molecule has 0 aliphatic carbocycles. The number of amides is 2. The maximum Gasteiger partial charge on any atom is 0.261 e. The lowest BCUT2D eigenvalue weighted by Crippen LogP contribution is -2.53. The average molecular weight is 489 g/mol. The van der Waals surface area contributed by atoms with Gasteiger partial charge in [0.15, 0.2) is 18.1 Å². The van der Waals surface area contributed by atoms with Crippen LogP contribution in [-0.4, -0.2) is 42.5 Å². The van der Waals surface area contributed by atoms with Crippen LogP contribution in [0.2, 0.25) is 0 Å². The minimum Gasteiger partial charge on any atom is -0.493 e. The van der Waals surface area contributed by atoms with Gasteiger partial charge in [0.25, 0.3) is 5.91 Å². The first kappa shape index (κ1) is 26.8. The number of carbonyl (C=O) groups is 2. The molecule has 0 unspecified atom stereocenters. The normalized spacial score (nSPS) is 12.3. The molecule has 6 nitrogen and oxygen atoms in total.